The zero-order chi connectivity index (χ0) is 53.9. The molecule has 0 radical (unpaired) electrons. The van der Waals surface area contributed by atoms with Gasteiger partial charge in [-0.25, -0.2) is 0 Å². The SMILES string of the molecule is CO.CO.CO.CO.CO.CO.CO.CO.ClCCl.ClCCl.ClCCl.ClCCl.ClCCl.ClCCl.ClCCl.ClCCl.ClCCl.ClCCl.ClCCl.ClCCl.ClCCl.ClCCl. The minimum Gasteiger partial charge on any atom is -0.400 e. The number of aliphatic hydroxyl groups is 8. The van der Waals surface area contributed by atoms with Crippen LogP contribution < -0.4 is 0 Å². The molecule has 36 heteroatoms. The molecule has 0 aliphatic rings. The average molecular weight is 1450 g/mol. The zero-order valence-corrected chi connectivity index (χ0v) is 53.2. The van der Waals surface area contributed by atoms with Crippen LogP contribution in [0.5, 0.6) is 0 Å². The lowest BCUT2D eigenvalue weighted by Gasteiger charge is -1.42. The van der Waals surface area contributed by atoms with Crippen molar-refractivity contribution in [3.8, 4) is 0 Å². The van der Waals surface area contributed by atoms with E-state index in [1.54, 1.807) is 0 Å². The molecule has 0 unspecified atom stereocenters. The summed E-state index contributed by atoms with van der Waals surface area (Å²) in [6, 6.07) is 0. The number of rotatable bonds is 0. The molecule has 58 heavy (non-hydrogen) atoms. The quantitative estimate of drug-likeness (QED) is 0.111. The van der Waals surface area contributed by atoms with E-state index in [9.17, 15) is 0 Å². The largest absolute Gasteiger partial charge is 0.400 e. The molecule has 0 aliphatic heterocycles. The molecule has 392 valence electrons. The van der Waals surface area contributed by atoms with Crippen LogP contribution in [0.25, 0.3) is 0 Å². The van der Waals surface area contributed by atoms with Gasteiger partial charge in [0.05, 0.1) is 74.7 Å². The van der Waals surface area contributed by atoms with Crippen molar-refractivity contribution >= 4 is 325 Å². The van der Waals surface area contributed by atoms with Crippen molar-refractivity contribution in [1.82, 2.24) is 0 Å². The van der Waals surface area contributed by atoms with Gasteiger partial charge >= 0.3 is 0 Å². The predicted octanol–water partition coefficient (Wildman–Crippen LogP) is 16.8. The second-order valence-electron chi connectivity index (χ2n) is 1.41. The molecule has 0 amide bonds. The van der Waals surface area contributed by atoms with Crippen LogP contribution in [0.15, 0.2) is 0 Å². The molecule has 0 atom stereocenters. The molecule has 0 saturated heterocycles. The highest BCUT2D eigenvalue weighted by Crippen LogP contribution is 1.77. The van der Waals surface area contributed by atoms with Crippen LogP contribution in [-0.4, -0.2) is 172 Å². The summed E-state index contributed by atoms with van der Waals surface area (Å²) in [5.74, 6) is 0. The van der Waals surface area contributed by atoms with E-state index in [1.807, 2.05) is 0 Å². The molecule has 0 bridgehead atoms. The summed E-state index contributed by atoms with van der Waals surface area (Å²) >= 11 is 133. The van der Waals surface area contributed by atoms with Gasteiger partial charge in [0.25, 0.3) is 0 Å². The summed E-state index contributed by atoms with van der Waals surface area (Å²) in [7, 11) is 8.00. The number of hydrogen-bond acceptors (Lipinski definition) is 8. The Bertz CT molecular complexity index is 136. The highest BCUT2D eigenvalue weighted by molar-refractivity contribution is 6.44. The molecule has 8 N–H and O–H groups in total. The molecule has 0 spiro atoms. The zero-order valence-electron chi connectivity index (χ0n) is 32.1. The summed E-state index contributed by atoms with van der Waals surface area (Å²) in [5.41, 5.74) is 0. The van der Waals surface area contributed by atoms with Crippen LogP contribution in [0.1, 0.15) is 0 Å². The second kappa shape index (κ2) is 555. The minimum atomic E-state index is 0.194. The summed E-state index contributed by atoms with van der Waals surface area (Å²) in [4.78, 5) is 0. The van der Waals surface area contributed by atoms with Gasteiger partial charge in [0.2, 0.25) is 0 Å². The van der Waals surface area contributed by atoms with E-state index in [0.717, 1.165) is 56.9 Å². The predicted molar refractivity (Wildman–Crippen MR) is 297 cm³/mol. The molecule has 0 aromatic carbocycles. The first-order chi connectivity index (χ1) is 27.8. The van der Waals surface area contributed by atoms with E-state index >= 15 is 0 Å². The van der Waals surface area contributed by atoms with E-state index in [4.69, 9.17) is 366 Å². The Hall–Kier alpha value is 7.80. The maximum absolute atomic E-state index is 7.00. The Morgan fingerprint density at radius 3 is 0.121 bits per heavy atom. The highest BCUT2D eigenvalue weighted by Gasteiger charge is 1.45. The maximum atomic E-state index is 7.00. The molecule has 0 fully saturated rings. The van der Waals surface area contributed by atoms with Crippen molar-refractivity contribution in [2.75, 3.05) is 132 Å². The lowest BCUT2D eigenvalue weighted by molar-refractivity contribution is 0.399. The number of halogens is 28. The third-order valence-electron chi connectivity index (χ3n) is 0. The van der Waals surface area contributed by atoms with Crippen LogP contribution in [0.3, 0.4) is 0 Å². The number of hydrogen-bond donors (Lipinski definition) is 8. The smallest absolute Gasteiger partial charge is 0.0967 e. The average Bonchev–Trinajstić information content (AvgIpc) is 3.22. The molecule has 0 aromatic heterocycles. The minimum absolute atomic E-state index is 0.194. The first-order valence-electron chi connectivity index (χ1n) is 11.1. The Kier molecular flexibility index (Phi) is 1380. The van der Waals surface area contributed by atoms with Crippen molar-refractivity contribution in [3.63, 3.8) is 0 Å². The van der Waals surface area contributed by atoms with E-state index in [2.05, 4.69) is 0 Å². The van der Waals surface area contributed by atoms with Gasteiger partial charge in [-0.05, 0) is 0 Å². The molecule has 0 aliphatic carbocycles. The van der Waals surface area contributed by atoms with E-state index < -0.39 is 0 Å². The van der Waals surface area contributed by atoms with Crippen molar-refractivity contribution in [2.45, 2.75) is 0 Å². The van der Waals surface area contributed by atoms with E-state index in [-0.39, 0.29) is 74.7 Å². The fourth-order valence-electron chi connectivity index (χ4n) is 0. The van der Waals surface area contributed by atoms with Crippen molar-refractivity contribution in [1.29, 1.82) is 0 Å². The summed E-state index contributed by atoms with van der Waals surface area (Å²) in [6.07, 6.45) is 0. The van der Waals surface area contributed by atoms with Gasteiger partial charge in [-0.3, -0.25) is 0 Å². The lowest BCUT2D eigenvalue weighted by Crippen LogP contribution is -1.25. The van der Waals surface area contributed by atoms with Gasteiger partial charge in [0.1, 0.15) is 0 Å². The topological polar surface area (TPSA) is 162 Å². The van der Waals surface area contributed by atoms with Crippen LogP contribution >= 0.6 is 325 Å². The van der Waals surface area contributed by atoms with Gasteiger partial charge in [-0.1, -0.05) is 0 Å². The van der Waals surface area contributed by atoms with Crippen LogP contribution in [0, 0.1) is 0 Å². The molecule has 0 saturated carbocycles. The van der Waals surface area contributed by atoms with Gasteiger partial charge in [-0.15, -0.1) is 325 Å². The first kappa shape index (κ1) is 144. The van der Waals surface area contributed by atoms with E-state index in [1.165, 1.54) is 0 Å². The second-order valence-corrected chi connectivity index (χ2v) is 12.7. The van der Waals surface area contributed by atoms with E-state index in [0.29, 0.717) is 0 Å². The Morgan fingerprint density at radius 2 is 0.121 bits per heavy atom. The van der Waals surface area contributed by atoms with Gasteiger partial charge in [-0.2, -0.15) is 0 Å². The Labute approximate surface area is 490 Å². The lowest BCUT2D eigenvalue weighted by atomic mass is 11.8. The molecular formula is C22H60Cl28O8. The molecule has 0 heterocycles. The molecule has 0 aromatic rings. The maximum Gasteiger partial charge on any atom is 0.0967 e. The third-order valence-corrected chi connectivity index (χ3v) is 0. The van der Waals surface area contributed by atoms with Crippen molar-refractivity contribution < 1.29 is 40.9 Å². The van der Waals surface area contributed by atoms with Gasteiger partial charge in [0, 0.05) is 56.9 Å². The van der Waals surface area contributed by atoms with Crippen LogP contribution in [0.4, 0.5) is 0 Å². The van der Waals surface area contributed by atoms with Gasteiger partial charge in [0.15, 0.2) is 0 Å². The monoisotopic (exact) mass is 1430 g/mol. The molecule has 8 nitrogen and oxygen atoms in total. The number of alkyl halides is 28. The highest BCUT2D eigenvalue weighted by atomic mass is 35.6. The fourth-order valence-corrected chi connectivity index (χ4v) is 0. The number of aliphatic hydroxyl groups excluding tert-OH is 8. The van der Waals surface area contributed by atoms with Crippen molar-refractivity contribution in [2.24, 2.45) is 0 Å². The third kappa shape index (κ3) is 4140. The van der Waals surface area contributed by atoms with Gasteiger partial charge < -0.3 is 40.9 Å². The van der Waals surface area contributed by atoms with Crippen molar-refractivity contribution in [3.05, 3.63) is 0 Å². The van der Waals surface area contributed by atoms with Crippen LogP contribution in [-0.2, 0) is 0 Å². The molecular weight excluding hydrogens is 1380 g/mol. The summed E-state index contributed by atoms with van der Waals surface area (Å²) in [6.45, 7) is 0. The fraction of sp³-hybridized carbons (Fsp3) is 1.00. The molecule has 0 rings (SSSR count). The Balaban J connectivity index is -0.0000000117. The van der Waals surface area contributed by atoms with Crippen LogP contribution in [0.2, 0.25) is 0 Å². The summed E-state index contributed by atoms with van der Waals surface area (Å²) < 4.78 is 0. The standard InChI is InChI=1S/14CH2Cl2.8CH4O/c14*2-1-3;8*1-2/h14*1H2;8*2H,1H3. The Morgan fingerprint density at radius 1 is 0.121 bits per heavy atom. The first-order valence-corrected chi connectivity index (χ1v) is 26.0. The summed E-state index contributed by atoms with van der Waals surface area (Å²) in [5, 5.41) is 58.7. The normalized spacial score (nSPS) is 5.17.